The van der Waals surface area contributed by atoms with E-state index < -0.39 is 5.60 Å². The molecule has 1 nitrogen and oxygen atoms in total. The molecule has 1 N–H and O–H groups in total. The van der Waals surface area contributed by atoms with Crippen molar-refractivity contribution in [1.82, 2.24) is 0 Å². The Kier molecular flexibility index (Phi) is 5.23. The van der Waals surface area contributed by atoms with E-state index in [1.165, 1.54) is 12.0 Å². The van der Waals surface area contributed by atoms with Gasteiger partial charge < -0.3 is 5.11 Å². The number of allylic oxidation sites excluding steroid dienone is 1. The zero-order valence-electron chi connectivity index (χ0n) is 8.69. The zero-order valence-corrected chi connectivity index (χ0v) is 8.69. The number of rotatable bonds is 6. The molecule has 0 unspecified atom stereocenters. The lowest BCUT2D eigenvalue weighted by molar-refractivity contribution is 0.0689. The average molecular weight is 170 g/mol. The Labute approximate surface area is 76.5 Å². The highest BCUT2D eigenvalue weighted by molar-refractivity contribution is 4.93. The van der Waals surface area contributed by atoms with Crippen LogP contribution in [0, 0.1) is 0 Å². The molecule has 0 aliphatic heterocycles. The van der Waals surface area contributed by atoms with Crippen molar-refractivity contribution in [3.05, 3.63) is 12.2 Å². The number of aliphatic hydroxyl groups is 1. The van der Waals surface area contributed by atoms with Gasteiger partial charge in [0.1, 0.15) is 0 Å². The lowest BCUT2D eigenvalue weighted by Gasteiger charge is -2.16. The van der Waals surface area contributed by atoms with Gasteiger partial charge >= 0.3 is 0 Å². The summed E-state index contributed by atoms with van der Waals surface area (Å²) in [7, 11) is 0. The molecule has 0 heterocycles. The first kappa shape index (κ1) is 11.7. The summed E-state index contributed by atoms with van der Waals surface area (Å²) in [6.07, 6.45) is 5.31. The minimum absolute atomic E-state index is 0.507. The predicted octanol–water partition coefficient (Wildman–Crippen LogP) is 3.28. The van der Waals surface area contributed by atoms with Crippen LogP contribution in [0.5, 0.6) is 0 Å². The Balaban J connectivity index is 3.37. The van der Waals surface area contributed by atoms with Crippen molar-refractivity contribution in [2.24, 2.45) is 0 Å². The van der Waals surface area contributed by atoms with Crippen LogP contribution in [0.25, 0.3) is 0 Å². The zero-order chi connectivity index (χ0) is 9.61. The Bertz CT molecular complexity index is 130. The van der Waals surface area contributed by atoms with Gasteiger partial charge in [0.15, 0.2) is 0 Å². The van der Waals surface area contributed by atoms with Gasteiger partial charge in [0.2, 0.25) is 0 Å². The first-order chi connectivity index (χ1) is 5.45. The van der Waals surface area contributed by atoms with Gasteiger partial charge in [-0.15, -0.1) is 0 Å². The van der Waals surface area contributed by atoms with Crippen molar-refractivity contribution in [3.63, 3.8) is 0 Å². The fraction of sp³-hybridized carbons (Fsp3) is 0.818. The largest absolute Gasteiger partial charge is 0.390 e. The van der Waals surface area contributed by atoms with Crippen LogP contribution in [0.4, 0.5) is 0 Å². The van der Waals surface area contributed by atoms with Crippen molar-refractivity contribution < 1.29 is 5.11 Å². The molecule has 12 heavy (non-hydrogen) atoms. The van der Waals surface area contributed by atoms with Gasteiger partial charge in [-0.3, -0.25) is 0 Å². The fourth-order valence-electron chi connectivity index (χ4n) is 1.25. The minimum atomic E-state index is -0.507. The molecule has 0 aromatic heterocycles. The van der Waals surface area contributed by atoms with Crippen molar-refractivity contribution in [2.75, 3.05) is 0 Å². The monoisotopic (exact) mass is 170 g/mol. The average Bonchev–Trinajstić information content (AvgIpc) is 1.84. The van der Waals surface area contributed by atoms with Crippen LogP contribution >= 0.6 is 0 Å². The lowest BCUT2D eigenvalue weighted by Crippen LogP contribution is -2.17. The van der Waals surface area contributed by atoms with E-state index in [-0.39, 0.29) is 0 Å². The lowest BCUT2D eigenvalue weighted by atomic mass is 9.98. The van der Waals surface area contributed by atoms with E-state index in [9.17, 15) is 5.11 Å². The van der Waals surface area contributed by atoms with Crippen LogP contribution in [0.3, 0.4) is 0 Å². The second-order valence-corrected chi connectivity index (χ2v) is 4.17. The molecule has 0 aliphatic rings. The molecule has 0 saturated heterocycles. The summed E-state index contributed by atoms with van der Waals surface area (Å²) in [5, 5.41) is 9.43. The van der Waals surface area contributed by atoms with Gasteiger partial charge in [-0.2, -0.15) is 0 Å². The van der Waals surface area contributed by atoms with Crippen LogP contribution in [-0.4, -0.2) is 10.7 Å². The highest BCUT2D eigenvalue weighted by atomic mass is 16.3. The summed E-state index contributed by atoms with van der Waals surface area (Å²) in [5.74, 6) is 0. The summed E-state index contributed by atoms with van der Waals surface area (Å²) >= 11 is 0. The molecule has 1 heteroatoms. The molecule has 0 aromatic rings. The SMILES string of the molecule is C=C(CCC)CCCC(C)(C)O. The smallest absolute Gasteiger partial charge is 0.0591 e. The molecule has 0 rings (SSSR count). The Morgan fingerprint density at radius 3 is 2.33 bits per heavy atom. The fourth-order valence-corrected chi connectivity index (χ4v) is 1.25. The van der Waals surface area contributed by atoms with E-state index in [4.69, 9.17) is 0 Å². The molecular formula is C11H22O. The van der Waals surface area contributed by atoms with Crippen LogP contribution in [-0.2, 0) is 0 Å². The predicted molar refractivity (Wildman–Crippen MR) is 54.2 cm³/mol. The highest BCUT2D eigenvalue weighted by Gasteiger charge is 2.11. The highest BCUT2D eigenvalue weighted by Crippen LogP contribution is 2.16. The molecule has 0 spiro atoms. The Morgan fingerprint density at radius 2 is 1.92 bits per heavy atom. The van der Waals surface area contributed by atoms with Crippen molar-refractivity contribution >= 4 is 0 Å². The number of hydrogen-bond acceptors (Lipinski definition) is 1. The number of hydrogen-bond donors (Lipinski definition) is 1. The van der Waals surface area contributed by atoms with Gasteiger partial charge in [0.25, 0.3) is 0 Å². The third-order valence-corrected chi connectivity index (χ3v) is 1.92. The van der Waals surface area contributed by atoms with Crippen LogP contribution in [0.1, 0.15) is 52.9 Å². The molecule has 0 fully saturated rings. The van der Waals surface area contributed by atoms with E-state index in [0.29, 0.717) is 0 Å². The third-order valence-electron chi connectivity index (χ3n) is 1.92. The molecule has 0 aromatic carbocycles. The molecule has 0 radical (unpaired) electrons. The Morgan fingerprint density at radius 1 is 1.33 bits per heavy atom. The molecule has 0 saturated carbocycles. The summed E-state index contributed by atoms with van der Waals surface area (Å²) in [5.41, 5.74) is 0.814. The van der Waals surface area contributed by atoms with E-state index >= 15 is 0 Å². The summed E-state index contributed by atoms with van der Waals surface area (Å²) in [4.78, 5) is 0. The van der Waals surface area contributed by atoms with Gasteiger partial charge in [-0.05, 0) is 39.5 Å². The maximum absolute atomic E-state index is 9.43. The van der Waals surface area contributed by atoms with Gasteiger partial charge in [0, 0.05) is 0 Å². The molecule has 0 amide bonds. The quantitative estimate of drug-likeness (QED) is 0.606. The third kappa shape index (κ3) is 7.80. The van der Waals surface area contributed by atoms with Crippen molar-refractivity contribution in [3.8, 4) is 0 Å². The van der Waals surface area contributed by atoms with Crippen molar-refractivity contribution in [1.29, 1.82) is 0 Å². The van der Waals surface area contributed by atoms with Crippen LogP contribution in [0.2, 0.25) is 0 Å². The molecule has 0 aliphatic carbocycles. The van der Waals surface area contributed by atoms with Crippen LogP contribution in [0.15, 0.2) is 12.2 Å². The Hall–Kier alpha value is -0.300. The van der Waals surface area contributed by atoms with Crippen LogP contribution < -0.4 is 0 Å². The van der Waals surface area contributed by atoms with Crippen molar-refractivity contribution in [2.45, 2.75) is 58.5 Å². The van der Waals surface area contributed by atoms with E-state index in [1.807, 2.05) is 13.8 Å². The molecule has 0 bridgehead atoms. The first-order valence-electron chi connectivity index (χ1n) is 4.84. The maximum atomic E-state index is 9.43. The van der Waals surface area contributed by atoms with Gasteiger partial charge in [-0.25, -0.2) is 0 Å². The van der Waals surface area contributed by atoms with Gasteiger partial charge in [0.05, 0.1) is 5.60 Å². The van der Waals surface area contributed by atoms with E-state index in [2.05, 4.69) is 13.5 Å². The minimum Gasteiger partial charge on any atom is -0.390 e. The topological polar surface area (TPSA) is 20.2 Å². The first-order valence-corrected chi connectivity index (χ1v) is 4.84. The molecular weight excluding hydrogens is 148 g/mol. The maximum Gasteiger partial charge on any atom is 0.0591 e. The molecule has 72 valence electrons. The second kappa shape index (κ2) is 5.36. The second-order valence-electron chi connectivity index (χ2n) is 4.17. The normalized spacial score (nSPS) is 11.7. The molecule has 0 atom stereocenters. The summed E-state index contributed by atoms with van der Waals surface area (Å²) < 4.78 is 0. The summed E-state index contributed by atoms with van der Waals surface area (Å²) in [6.45, 7) is 9.86. The van der Waals surface area contributed by atoms with Gasteiger partial charge in [-0.1, -0.05) is 25.5 Å². The standard InChI is InChI=1S/C11H22O/c1-5-7-10(2)8-6-9-11(3,4)12/h12H,2,5-9H2,1,3-4H3. The van der Waals surface area contributed by atoms with E-state index in [0.717, 1.165) is 25.7 Å². The summed E-state index contributed by atoms with van der Waals surface area (Å²) in [6, 6.07) is 0. The van der Waals surface area contributed by atoms with E-state index in [1.54, 1.807) is 0 Å².